The summed E-state index contributed by atoms with van der Waals surface area (Å²) in [6.45, 7) is -0.386. The molecule has 0 aromatic carbocycles. The minimum Gasteiger partial charge on any atom is -0.468 e. The molecule has 0 unspecified atom stereocenters. The van der Waals surface area contributed by atoms with Crippen molar-refractivity contribution in [2.75, 3.05) is 18.6 Å². The third-order valence-corrected chi connectivity index (χ3v) is 5.45. The summed E-state index contributed by atoms with van der Waals surface area (Å²) in [4.78, 5) is 14.5. The molecule has 8 nitrogen and oxygen atoms in total. The van der Waals surface area contributed by atoms with Crippen LogP contribution in [-0.4, -0.2) is 49.5 Å². The van der Waals surface area contributed by atoms with Crippen LogP contribution in [0.2, 0.25) is 5.02 Å². The van der Waals surface area contributed by atoms with Crippen LogP contribution in [0.15, 0.2) is 61.2 Å². The number of hydrogen-bond donors (Lipinski definition) is 0. The van der Waals surface area contributed by atoms with Crippen LogP contribution in [0, 0.1) is 0 Å². The molecule has 0 aliphatic rings. The molecule has 0 aliphatic carbocycles. The number of aryl methyl sites for hydroxylation is 1. The molecule has 0 saturated heterocycles. The van der Waals surface area contributed by atoms with E-state index in [0.717, 1.165) is 22.6 Å². The second-order valence-electron chi connectivity index (χ2n) is 8.09. The summed E-state index contributed by atoms with van der Waals surface area (Å²) in [6, 6.07) is 10.5. The Morgan fingerprint density at radius 1 is 1.03 bits per heavy atom. The van der Waals surface area contributed by atoms with Crippen LogP contribution in [0.25, 0.3) is 0 Å². The van der Waals surface area contributed by atoms with E-state index in [1.807, 2.05) is 28.6 Å². The van der Waals surface area contributed by atoms with Crippen LogP contribution in [0.5, 0.6) is 5.88 Å². The van der Waals surface area contributed by atoms with Gasteiger partial charge >= 0.3 is 6.18 Å². The molecule has 0 saturated carbocycles. The Morgan fingerprint density at radius 2 is 1.89 bits per heavy atom. The van der Waals surface area contributed by atoms with Crippen LogP contribution < -0.4 is 9.64 Å². The van der Waals surface area contributed by atoms with E-state index in [-0.39, 0.29) is 5.88 Å². The van der Waals surface area contributed by atoms with E-state index in [9.17, 15) is 13.2 Å². The second-order valence-corrected chi connectivity index (χ2v) is 8.52. The highest BCUT2D eigenvalue weighted by molar-refractivity contribution is 6.30. The van der Waals surface area contributed by atoms with Crippen molar-refractivity contribution in [3.05, 3.63) is 88.9 Å². The lowest BCUT2D eigenvalue weighted by Crippen LogP contribution is -2.22. The topological polar surface area (TPSA) is 81.9 Å². The van der Waals surface area contributed by atoms with Crippen LogP contribution in [0.1, 0.15) is 22.6 Å². The second kappa shape index (κ2) is 11.3. The number of halogens is 4. The third-order valence-electron chi connectivity index (χ3n) is 5.22. The van der Waals surface area contributed by atoms with E-state index in [0.29, 0.717) is 36.9 Å². The summed E-state index contributed by atoms with van der Waals surface area (Å²) in [5, 5.41) is 9.44. The molecule has 188 valence electrons. The minimum absolute atomic E-state index is 0.0768. The zero-order valence-corrected chi connectivity index (χ0v) is 20.1. The van der Waals surface area contributed by atoms with Gasteiger partial charge in [0, 0.05) is 55.9 Å². The summed E-state index contributed by atoms with van der Waals surface area (Å²) < 4.78 is 43.8. The molecule has 0 spiro atoms. The SMILES string of the molecule is CN(Cc1cc(Cl)ccn1)c1nnc(Cc2cccnc2)n1CCc1ccc(OCC(F)(F)F)nc1. The number of rotatable bonds is 10. The molecule has 36 heavy (non-hydrogen) atoms. The minimum atomic E-state index is -4.41. The molecule has 0 bridgehead atoms. The Kier molecular flexibility index (Phi) is 7.99. The van der Waals surface area contributed by atoms with Gasteiger partial charge < -0.3 is 9.64 Å². The van der Waals surface area contributed by atoms with E-state index in [4.69, 9.17) is 11.6 Å². The monoisotopic (exact) mass is 517 g/mol. The molecule has 0 aliphatic heterocycles. The molecule has 0 N–H and O–H groups in total. The van der Waals surface area contributed by atoms with E-state index < -0.39 is 12.8 Å². The first-order valence-electron chi connectivity index (χ1n) is 11.0. The zero-order valence-electron chi connectivity index (χ0n) is 19.4. The number of alkyl halides is 3. The van der Waals surface area contributed by atoms with Crippen molar-refractivity contribution >= 4 is 17.5 Å². The number of hydrogen-bond acceptors (Lipinski definition) is 7. The number of pyridine rings is 3. The summed E-state index contributed by atoms with van der Waals surface area (Å²) in [6.07, 6.45) is 3.33. The summed E-state index contributed by atoms with van der Waals surface area (Å²) in [5.41, 5.74) is 2.61. The average Bonchev–Trinajstić information content (AvgIpc) is 3.24. The fourth-order valence-electron chi connectivity index (χ4n) is 3.54. The molecule has 0 atom stereocenters. The highest BCUT2D eigenvalue weighted by Gasteiger charge is 2.28. The summed E-state index contributed by atoms with van der Waals surface area (Å²) >= 11 is 6.10. The van der Waals surface area contributed by atoms with Crippen LogP contribution in [0.4, 0.5) is 19.1 Å². The summed E-state index contributed by atoms with van der Waals surface area (Å²) in [7, 11) is 1.89. The Hall–Kier alpha value is -3.73. The van der Waals surface area contributed by atoms with Crippen LogP contribution >= 0.6 is 11.6 Å². The normalized spacial score (nSPS) is 11.5. The molecular weight excluding hydrogens is 495 g/mol. The van der Waals surface area contributed by atoms with Gasteiger partial charge in [-0.15, -0.1) is 10.2 Å². The zero-order chi connectivity index (χ0) is 25.5. The largest absolute Gasteiger partial charge is 0.468 e. The quantitative estimate of drug-likeness (QED) is 0.306. The Labute approximate surface area is 210 Å². The van der Waals surface area contributed by atoms with Gasteiger partial charge in [-0.3, -0.25) is 14.5 Å². The van der Waals surface area contributed by atoms with Gasteiger partial charge in [-0.2, -0.15) is 13.2 Å². The predicted octanol–water partition coefficient (Wildman–Crippen LogP) is 4.53. The third kappa shape index (κ3) is 7.14. The van der Waals surface area contributed by atoms with Crippen molar-refractivity contribution in [1.82, 2.24) is 29.7 Å². The lowest BCUT2D eigenvalue weighted by molar-refractivity contribution is -0.154. The maximum atomic E-state index is 12.4. The van der Waals surface area contributed by atoms with Gasteiger partial charge in [0.2, 0.25) is 11.8 Å². The maximum Gasteiger partial charge on any atom is 0.422 e. The van der Waals surface area contributed by atoms with Gasteiger partial charge in [0.15, 0.2) is 6.61 Å². The van der Waals surface area contributed by atoms with Crippen molar-refractivity contribution < 1.29 is 17.9 Å². The van der Waals surface area contributed by atoms with E-state index in [2.05, 4.69) is 29.9 Å². The average molecular weight is 518 g/mol. The fraction of sp³-hybridized carbons (Fsp3) is 0.292. The molecule has 4 aromatic rings. The van der Waals surface area contributed by atoms with E-state index >= 15 is 0 Å². The van der Waals surface area contributed by atoms with Gasteiger partial charge in [-0.1, -0.05) is 23.7 Å². The number of ether oxygens (including phenoxy) is 1. The van der Waals surface area contributed by atoms with Gasteiger partial charge in [-0.25, -0.2) is 4.98 Å². The van der Waals surface area contributed by atoms with E-state index in [1.165, 1.54) is 12.3 Å². The van der Waals surface area contributed by atoms with Crippen LogP contribution in [-0.2, 0) is 25.9 Å². The summed E-state index contributed by atoms with van der Waals surface area (Å²) in [5.74, 6) is 1.32. The first kappa shape index (κ1) is 25.4. The molecule has 12 heteroatoms. The number of nitrogens with zero attached hydrogens (tertiary/aromatic N) is 7. The van der Waals surface area contributed by atoms with E-state index in [1.54, 1.807) is 36.8 Å². The predicted molar refractivity (Wildman–Crippen MR) is 128 cm³/mol. The van der Waals surface area contributed by atoms with Gasteiger partial charge in [0.1, 0.15) is 5.82 Å². The standard InChI is InChI=1S/C24H23ClF3N7O/c1-34(15-20-12-19(25)6-9-30-20)23-33-32-21(11-18-3-2-8-29-13-18)35(23)10-7-17-4-5-22(31-14-17)36-16-24(26,27)28/h2-6,8-9,12-14H,7,10-11,15-16H2,1H3. The molecule has 0 amide bonds. The van der Waals surface area contributed by atoms with Crippen molar-refractivity contribution in [3.63, 3.8) is 0 Å². The molecule has 4 rings (SSSR count). The van der Waals surface area contributed by atoms with Crippen molar-refractivity contribution in [3.8, 4) is 5.88 Å². The van der Waals surface area contributed by atoms with Crippen LogP contribution in [0.3, 0.4) is 0 Å². The first-order valence-corrected chi connectivity index (χ1v) is 11.4. The highest BCUT2D eigenvalue weighted by Crippen LogP contribution is 2.20. The number of anilines is 1. The first-order chi connectivity index (χ1) is 17.3. The lowest BCUT2D eigenvalue weighted by atomic mass is 10.2. The van der Waals surface area contributed by atoms with Crippen molar-refractivity contribution in [2.45, 2.75) is 32.1 Å². The Bertz CT molecular complexity index is 1270. The fourth-order valence-corrected chi connectivity index (χ4v) is 3.73. The van der Waals surface area contributed by atoms with Crippen molar-refractivity contribution in [2.24, 2.45) is 0 Å². The highest BCUT2D eigenvalue weighted by atomic mass is 35.5. The van der Waals surface area contributed by atoms with Gasteiger partial charge in [0.25, 0.3) is 0 Å². The van der Waals surface area contributed by atoms with Gasteiger partial charge in [-0.05, 0) is 35.7 Å². The van der Waals surface area contributed by atoms with Crippen molar-refractivity contribution in [1.29, 1.82) is 0 Å². The lowest BCUT2D eigenvalue weighted by Gasteiger charge is -2.20. The Balaban J connectivity index is 1.51. The molecule has 0 fully saturated rings. The molecular formula is C24H23ClF3N7O. The maximum absolute atomic E-state index is 12.4. The smallest absolute Gasteiger partial charge is 0.422 e. The number of aromatic nitrogens is 6. The molecule has 4 aromatic heterocycles. The molecule has 4 heterocycles. The molecule has 0 radical (unpaired) electrons. The van der Waals surface area contributed by atoms with Gasteiger partial charge in [0.05, 0.1) is 12.2 Å². The Morgan fingerprint density at radius 3 is 2.58 bits per heavy atom.